The van der Waals surface area contributed by atoms with Crippen molar-refractivity contribution in [3.05, 3.63) is 106 Å². The molecule has 4 heteroatoms. The molecule has 0 fully saturated rings. The van der Waals surface area contributed by atoms with Gasteiger partial charge in [0.1, 0.15) is 5.75 Å². The van der Waals surface area contributed by atoms with Gasteiger partial charge in [-0.3, -0.25) is 4.79 Å². The molecule has 1 aliphatic rings. The van der Waals surface area contributed by atoms with Crippen LogP contribution in [0.2, 0.25) is 0 Å². The first kappa shape index (κ1) is 21.7. The Kier molecular flexibility index (Phi) is 6.04. The topological polar surface area (TPSA) is 49.8 Å². The molecule has 3 aromatic rings. The van der Waals surface area contributed by atoms with E-state index in [1.54, 1.807) is 12.0 Å². The van der Waals surface area contributed by atoms with Crippen LogP contribution in [0.4, 0.5) is 0 Å². The van der Waals surface area contributed by atoms with Crippen LogP contribution in [0.25, 0.3) is 5.57 Å². The van der Waals surface area contributed by atoms with Crippen LogP contribution >= 0.6 is 0 Å². The highest BCUT2D eigenvalue weighted by molar-refractivity contribution is 6.05. The number of rotatable bonds is 6. The minimum atomic E-state index is -0.376. The zero-order valence-corrected chi connectivity index (χ0v) is 19.0. The fourth-order valence-corrected chi connectivity index (χ4v) is 4.18. The minimum absolute atomic E-state index is 0.194. The van der Waals surface area contributed by atoms with Gasteiger partial charge in [0.15, 0.2) is 5.76 Å². The molecule has 0 radical (unpaired) electrons. The van der Waals surface area contributed by atoms with Gasteiger partial charge in [0.25, 0.3) is 5.91 Å². The first-order valence-electron chi connectivity index (χ1n) is 10.9. The molecule has 1 aliphatic heterocycles. The van der Waals surface area contributed by atoms with Gasteiger partial charge in [-0.25, -0.2) is 0 Å². The van der Waals surface area contributed by atoms with E-state index < -0.39 is 0 Å². The fourth-order valence-electron chi connectivity index (χ4n) is 4.18. The minimum Gasteiger partial charge on any atom is -0.503 e. The summed E-state index contributed by atoms with van der Waals surface area (Å²) in [5.41, 5.74) is 5.84. The number of hydrogen-bond acceptors (Lipinski definition) is 3. The van der Waals surface area contributed by atoms with E-state index in [1.807, 2.05) is 55.5 Å². The molecule has 0 bridgehead atoms. The number of aliphatic hydroxyl groups is 1. The lowest BCUT2D eigenvalue weighted by molar-refractivity contribution is -0.130. The van der Waals surface area contributed by atoms with Crippen molar-refractivity contribution >= 4 is 11.5 Å². The monoisotopic (exact) mass is 427 g/mol. The van der Waals surface area contributed by atoms with E-state index in [2.05, 4.69) is 38.1 Å². The molecule has 4 nitrogen and oxygen atoms in total. The summed E-state index contributed by atoms with van der Waals surface area (Å²) in [7, 11) is 1.62. The summed E-state index contributed by atoms with van der Waals surface area (Å²) in [6.45, 7) is 6.77. The maximum Gasteiger partial charge on any atom is 0.290 e. The molecule has 0 saturated heterocycles. The largest absolute Gasteiger partial charge is 0.503 e. The van der Waals surface area contributed by atoms with Crippen molar-refractivity contribution in [2.24, 2.45) is 0 Å². The predicted octanol–water partition coefficient (Wildman–Crippen LogP) is 6.18. The number of carbonyl (C=O) groups excluding carboxylic acids is 1. The number of ether oxygens (including phenoxy) is 1. The molecular weight excluding hydrogens is 398 g/mol. The quantitative estimate of drug-likeness (QED) is 0.511. The SMILES string of the molecule is COc1ccc(C2=C(O)C(=O)N(Cc3ccc(C)cc3)[C@@H]2c2ccc(C(C)C)cc2)cc1. The van der Waals surface area contributed by atoms with Crippen molar-refractivity contribution in [3.63, 3.8) is 0 Å². The molecule has 164 valence electrons. The zero-order chi connectivity index (χ0) is 22.8. The van der Waals surface area contributed by atoms with Gasteiger partial charge in [0.2, 0.25) is 0 Å². The number of aryl methyl sites for hydroxylation is 1. The van der Waals surface area contributed by atoms with Gasteiger partial charge < -0.3 is 14.7 Å². The third-order valence-electron chi connectivity index (χ3n) is 6.10. The summed E-state index contributed by atoms with van der Waals surface area (Å²) in [5.74, 6) is 0.602. The third kappa shape index (κ3) is 4.13. The van der Waals surface area contributed by atoms with E-state index in [-0.39, 0.29) is 17.7 Å². The van der Waals surface area contributed by atoms with Crippen molar-refractivity contribution < 1.29 is 14.6 Å². The number of amides is 1. The Morgan fingerprint density at radius 3 is 2.12 bits per heavy atom. The highest BCUT2D eigenvalue weighted by atomic mass is 16.5. The summed E-state index contributed by atoms with van der Waals surface area (Å²) in [6, 6.07) is 23.6. The maximum atomic E-state index is 13.2. The van der Waals surface area contributed by atoms with Crippen LogP contribution in [0.5, 0.6) is 5.75 Å². The van der Waals surface area contributed by atoms with Gasteiger partial charge in [0, 0.05) is 12.1 Å². The zero-order valence-electron chi connectivity index (χ0n) is 19.0. The summed E-state index contributed by atoms with van der Waals surface area (Å²) >= 11 is 0. The average Bonchev–Trinajstić information content (AvgIpc) is 3.05. The van der Waals surface area contributed by atoms with E-state index in [4.69, 9.17) is 4.74 Å². The van der Waals surface area contributed by atoms with Gasteiger partial charge in [-0.2, -0.15) is 0 Å². The Labute approximate surface area is 189 Å². The molecule has 0 spiro atoms. The first-order valence-corrected chi connectivity index (χ1v) is 10.9. The second-order valence-electron chi connectivity index (χ2n) is 8.63. The highest BCUT2D eigenvalue weighted by Crippen LogP contribution is 2.44. The van der Waals surface area contributed by atoms with E-state index in [1.165, 1.54) is 11.1 Å². The van der Waals surface area contributed by atoms with Crippen LogP contribution in [0.3, 0.4) is 0 Å². The number of aliphatic hydroxyl groups excluding tert-OH is 1. The van der Waals surface area contributed by atoms with Gasteiger partial charge in [-0.05, 0) is 47.2 Å². The van der Waals surface area contributed by atoms with Crippen molar-refractivity contribution in [2.45, 2.75) is 39.3 Å². The number of hydrogen-bond donors (Lipinski definition) is 1. The first-order chi connectivity index (χ1) is 15.4. The lowest BCUT2D eigenvalue weighted by Gasteiger charge is -2.28. The molecule has 0 saturated carbocycles. The van der Waals surface area contributed by atoms with Crippen molar-refractivity contribution in [1.82, 2.24) is 4.90 Å². The van der Waals surface area contributed by atoms with Gasteiger partial charge in [0.05, 0.1) is 13.2 Å². The predicted molar refractivity (Wildman–Crippen MR) is 128 cm³/mol. The van der Waals surface area contributed by atoms with Crippen LogP contribution in [0.15, 0.2) is 78.6 Å². The summed E-state index contributed by atoms with van der Waals surface area (Å²) < 4.78 is 5.28. The standard InChI is InChI=1S/C28H29NO3/c1-18(2)21-9-11-23(12-10-21)26-25(22-13-15-24(32-4)16-14-22)27(30)28(31)29(26)17-20-7-5-19(3)6-8-20/h5-16,18,26,30H,17H2,1-4H3/t26-/m1/s1. The lowest BCUT2D eigenvalue weighted by Crippen LogP contribution is -2.29. The van der Waals surface area contributed by atoms with E-state index in [0.29, 0.717) is 18.0 Å². The second-order valence-corrected chi connectivity index (χ2v) is 8.63. The molecule has 1 amide bonds. The van der Waals surface area contributed by atoms with Crippen molar-refractivity contribution in [2.75, 3.05) is 7.11 Å². The molecule has 1 heterocycles. The molecule has 0 aliphatic carbocycles. The Bertz CT molecular complexity index is 1130. The number of nitrogens with zero attached hydrogens (tertiary/aromatic N) is 1. The van der Waals surface area contributed by atoms with Crippen LogP contribution in [0.1, 0.15) is 53.6 Å². The fraction of sp³-hybridized carbons (Fsp3) is 0.250. The van der Waals surface area contributed by atoms with E-state index in [9.17, 15) is 9.90 Å². The normalized spacial score (nSPS) is 16.2. The number of carbonyl (C=O) groups is 1. The van der Waals surface area contributed by atoms with Gasteiger partial charge in [-0.1, -0.05) is 80.1 Å². The third-order valence-corrected chi connectivity index (χ3v) is 6.10. The Morgan fingerprint density at radius 2 is 1.56 bits per heavy atom. The average molecular weight is 428 g/mol. The Balaban J connectivity index is 1.78. The molecule has 0 unspecified atom stereocenters. The summed E-state index contributed by atoms with van der Waals surface area (Å²) in [5, 5.41) is 11.0. The number of methoxy groups -OCH3 is 1. The van der Waals surface area contributed by atoms with E-state index >= 15 is 0 Å². The van der Waals surface area contributed by atoms with Crippen molar-refractivity contribution in [1.29, 1.82) is 0 Å². The molecule has 1 N–H and O–H groups in total. The highest BCUT2D eigenvalue weighted by Gasteiger charge is 2.41. The maximum absolute atomic E-state index is 13.2. The lowest BCUT2D eigenvalue weighted by atomic mass is 9.91. The molecule has 32 heavy (non-hydrogen) atoms. The van der Waals surface area contributed by atoms with Crippen molar-refractivity contribution in [3.8, 4) is 5.75 Å². The molecule has 0 aromatic heterocycles. The van der Waals surface area contributed by atoms with Crippen LogP contribution in [-0.4, -0.2) is 23.0 Å². The Morgan fingerprint density at radius 1 is 0.938 bits per heavy atom. The Hall–Kier alpha value is -3.53. The molecular formula is C28H29NO3. The molecule has 1 atom stereocenters. The second kappa shape index (κ2) is 8.91. The smallest absolute Gasteiger partial charge is 0.290 e. The van der Waals surface area contributed by atoms with Crippen LogP contribution < -0.4 is 4.74 Å². The van der Waals surface area contributed by atoms with E-state index in [0.717, 1.165) is 22.4 Å². The van der Waals surface area contributed by atoms with Crippen LogP contribution in [0, 0.1) is 6.92 Å². The van der Waals surface area contributed by atoms with Gasteiger partial charge in [-0.15, -0.1) is 0 Å². The number of benzene rings is 3. The molecule has 4 rings (SSSR count). The van der Waals surface area contributed by atoms with Gasteiger partial charge >= 0.3 is 0 Å². The molecule has 3 aromatic carbocycles. The van der Waals surface area contributed by atoms with Crippen LogP contribution in [-0.2, 0) is 11.3 Å². The summed E-state index contributed by atoms with van der Waals surface area (Å²) in [6.07, 6.45) is 0. The summed E-state index contributed by atoms with van der Waals surface area (Å²) in [4.78, 5) is 15.0.